The molecule has 9 heteroatoms. The van der Waals surface area contributed by atoms with Gasteiger partial charge >= 0.3 is 5.97 Å². The number of ether oxygens (including phenoxy) is 1. The summed E-state index contributed by atoms with van der Waals surface area (Å²) in [7, 11) is 1.73. The number of guanidine groups is 1. The molecule has 1 saturated carbocycles. The lowest BCUT2D eigenvalue weighted by Gasteiger charge is -2.15. The van der Waals surface area contributed by atoms with Crippen LogP contribution in [0.25, 0.3) is 0 Å². The van der Waals surface area contributed by atoms with Crippen LogP contribution in [0.1, 0.15) is 77.7 Å². The molecule has 0 radical (unpaired) electrons. The molecule has 158 valence electrons. The van der Waals surface area contributed by atoms with E-state index in [4.69, 9.17) is 9.84 Å². The number of nitrogens with zero attached hydrogens (tertiary/aromatic N) is 4. The molecular weight excluding hydrogens is 388 g/mol. The third-order valence-corrected chi connectivity index (χ3v) is 6.34. The monoisotopic (exact) mass is 418 g/mol. The molecule has 1 fully saturated rings. The molecular formula is C20H30N6O2S. The van der Waals surface area contributed by atoms with Gasteiger partial charge in [0, 0.05) is 13.2 Å². The van der Waals surface area contributed by atoms with Crippen molar-refractivity contribution in [1.82, 2.24) is 25.4 Å². The number of aliphatic imine (C=N–C) groups is 1. The number of carbonyl (C=O) groups excluding carboxylic acids is 1. The Bertz CT molecular complexity index is 853. The molecule has 1 atom stereocenters. The van der Waals surface area contributed by atoms with E-state index in [2.05, 4.69) is 37.6 Å². The molecule has 0 aromatic carbocycles. The van der Waals surface area contributed by atoms with E-state index in [1.165, 1.54) is 37.0 Å². The minimum Gasteiger partial charge on any atom is -0.462 e. The number of hydrogen-bond acceptors (Lipinski definition) is 6. The maximum atomic E-state index is 12.0. The molecule has 1 aliphatic carbocycles. The van der Waals surface area contributed by atoms with Crippen LogP contribution >= 0.6 is 11.3 Å². The summed E-state index contributed by atoms with van der Waals surface area (Å²) in [6, 6.07) is 2.50. The Morgan fingerprint density at radius 3 is 2.90 bits per heavy atom. The molecule has 1 unspecified atom stereocenters. The Morgan fingerprint density at radius 1 is 1.45 bits per heavy atom. The molecule has 0 saturated heterocycles. The zero-order chi connectivity index (χ0) is 20.8. The topological polar surface area (TPSA) is 93.4 Å². The predicted molar refractivity (Wildman–Crippen MR) is 114 cm³/mol. The summed E-state index contributed by atoms with van der Waals surface area (Å²) < 4.78 is 7.19. The number of nitrogens with one attached hydrogen (secondary N) is 2. The Morgan fingerprint density at radius 2 is 2.21 bits per heavy atom. The van der Waals surface area contributed by atoms with Crippen molar-refractivity contribution in [2.75, 3.05) is 13.7 Å². The number of carbonyl (C=O) groups is 1. The summed E-state index contributed by atoms with van der Waals surface area (Å²) >= 11 is 1.35. The second-order valence-corrected chi connectivity index (χ2v) is 8.23. The highest BCUT2D eigenvalue weighted by atomic mass is 32.1. The Hall–Kier alpha value is -2.42. The minimum absolute atomic E-state index is 0.0934. The number of esters is 1. The van der Waals surface area contributed by atoms with Crippen molar-refractivity contribution in [3.8, 4) is 0 Å². The highest BCUT2D eigenvalue weighted by molar-refractivity contribution is 7.13. The van der Waals surface area contributed by atoms with E-state index in [0.29, 0.717) is 35.7 Å². The van der Waals surface area contributed by atoms with Gasteiger partial charge in [-0.25, -0.2) is 9.78 Å². The van der Waals surface area contributed by atoms with Gasteiger partial charge in [0.05, 0.1) is 36.6 Å². The summed E-state index contributed by atoms with van der Waals surface area (Å²) in [4.78, 5) is 21.4. The molecule has 0 spiro atoms. The van der Waals surface area contributed by atoms with Crippen molar-refractivity contribution in [3.05, 3.63) is 33.5 Å². The second-order valence-electron chi connectivity index (χ2n) is 7.20. The normalized spacial score (nSPS) is 16.1. The molecule has 2 heterocycles. The van der Waals surface area contributed by atoms with Gasteiger partial charge in [-0.3, -0.25) is 9.67 Å². The first-order valence-corrected chi connectivity index (χ1v) is 11.0. The summed E-state index contributed by atoms with van der Waals surface area (Å²) in [6.45, 7) is 6.57. The van der Waals surface area contributed by atoms with Crippen LogP contribution in [0.3, 0.4) is 0 Å². The lowest BCUT2D eigenvalue weighted by molar-refractivity contribution is 0.0531. The van der Waals surface area contributed by atoms with E-state index >= 15 is 0 Å². The third kappa shape index (κ3) is 5.35. The number of rotatable bonds is 7. The standard InChI is InChI=1S/C20H30N6O2S/c1-5-28-19(27)17-13(2)23-18(29-17)14(3)24-20(21-4)22-12-15-10-11-26(25-15)16-8-6-7-9-16/h10-11,14,16H,5-9,12H2,1-4H3,(H2,21,22,24). The average Bonchev–Trinajstić information content (AvgIpc) is 3.45. The fourth-order valence-electron chi connectivity index (χ4n) is 3.47. The molecule has 2 N–H and O–H groups in total. The highest BCUT2D eigenvalue weighted by Gasteiger charge is 2.20. The van der Waals surface area contributed by atoms with Gasteiger partial charge in [-0.2, -0.15) is 5.10 Å². The lowest BCUT2D eigenvalue weighted by Crippen LogP contribution is -2.38. The quantitative estimate of drug-likeness (QED) is 0.407. The number of aryl methyl sites for hydroxylation is 1. The third-order valence-electron chi connectivity index (χ3n) is 5.02. The summed E-state index contributed by atoms with van der Waals surface area (Å²) in [5.41, 5.74) is 1.68. The zero-order valence-corrected chi connectivity index (χ0v) is 18.4. The molecule has 8 nitrogen and oxygen atoms in total. The number of thiazole rings is 1. The van der Waals surface area contributed by atoms with Crippen molar-refractivity contribution in [2.45, 2.75) is 65.1 Å². The molecule has 0 aliphatic heterocycles. The van der Waals surface area contributed by atoms with Crippen LogP contribution < -0.4 is 10.6 Å². The maximum absolute atomic E-state index is 12.0. The van der Waals surface area contributed by atoms with Crippen LogP contribution in [0.4, 0.5) is 0 Å². The summed E-state index contributed by atoms with van der Waals surface area (Å²) in [5.74, 6) is 0.347. The van der Waals surface area contributed by atoms with Crippen molar-refractivity contribution in [1.29, 1.82) is 0 Å². The molecule has 2 aromatic rings. The summed E-state index contributed by atoms with van der Waals surface area (Å²) in [6.07, 6.45) is 7.09. The van der Waals surface area contributed by atoms with Crippen LogP contribution in [-0.2, 0) is 11.3 Å². The fourth-order valence-corrected chi connectivity index (χ4v) is 4.43. The molecule has 0 amide bonds. The zero-order valence-electron chi connectivity index (χ0n) is 17.6. The van der Waals surface area contributed by atoms with E-state index in [0.717, 1.165) is 10.7 Å². The first kappa shape index (κ1) is 21.3. The Labute approximate surface area is 175 Å². The number of hydrogen-bond donors (Lipinski definition) is 2. The van der Waals surface area contributed by atoms with Gasteiger partial charge in [-0.1, -0.05) is 12.8 Å². The van der Waals surface area contributed by atoms with Crippen LogP contribution in [0, 0.1) is 6.92 Å². The van der Waals surface area contributed by atoms with E-state index < -0.39 is 0 Å². The van der Waals surface area contributed by atoms with E-state index in [1.807, 2.05) is 13.8 Å². The van der Waals surface area contributed by atoms with Crippen molar-refractivity contribution >= 4 is 23.3 Å². The van der Waals surface area contributed by atoms with Crippen molar-refractivity contribution in [2.24, 2.45) is 4.99 Å². The van der Waals surface area contributed by atoms with E-state index in [-0.39, 0.29) is 12.0 Å². The molecule has 2 aromatic heterocycles. The van der Waals surface area contributed by atoms with Crippen LogP contribution in [0.5, 0.6) is 0 Å². The van der Waals surface area contributed by atoms with E-state index in [1.54, 1.807) is 14.0 Å². The van der Waals surface area contributed by atoms with Crippen LogP contribution in [0.2, 0.25) is 0 Å². The molecule has 1 aliphatic rings. The molecule has 29 heavy (non-hydrogen) atoms. The fraction of sp³-hybridized carbons (Fsp3) is 0.600. The SMILES string of the molecule is CCOC(=O)c1sc(C(C)NC(=NC)NCc2ccn(C3CCCC3)n2)nc1C. The minimum atomic E-state index is -0.318. The van der Waals surface area contributed by atoms with E-state index in [9.17, 15) is 4.79 Å². The van der Waals surface area contributed by atoms with Gasteiger partial charge in [-0.15, -0.1) is 11.3 Å². The smallest absolute Gasteiger partial charge is 0.350 e. The largest absolute Gasteiger partial charge is 0.462 e. The summed E-state index contributed by atoms with van der Waals surface area (Å²) in [5, 5.41) is 12.1. The lowest BCUT2D eigenvalue weighted by atomic mass is 10.3. The van der Waals surface area contributed by atoms with Gasteiger partial charge in [0.2, 0.25) is 0 Å². The first-order chi connectivity index (χ1) is 14.0. The average molecular weight is 419 g/mol. The number of aromatic nitrogens is 3. The van der Waals surface area contributed by atoms with Gasteiger partial charge in [-0.05, 0) is 39.7 Å². The van der Waals surface area contributed by atoms with Crippen molar-refractivity contribution in [3.63, 3.8) is 0 Å². The van der Waals surface area contributed by atoms with Gasteiger partial charge in [0.15, 0.2) is 5.96 Å². The Kier molecular flexibility index (Phi) is 7.24. The predicted octanol–water partition coefficient (Wildman–Crippen LogP) is 3.37. The first-order valence-electron chi connectivity index (χ1n) is 10.2. The maximum Gasteiger partial charge on any atom is 0.350 e. The van der Waals surface area contributed by atoms with Gasteiger partial charge < -0.3 is 15.4 Å². The van der Waals surface area contributed by atoms with Gasteiger partial charge in [0.1, 0.15) is 9.88 Å². The molecule has 0 bridgehead atoms. The second kappa shape index (κ2) is 9.87. The van der Waals surface area contributed by atoms with Crippen LogP contribution in [0.15, 0.2) is 17.3 Å². The molecule has 3 rings (SSSR count). The van der Waals surface area contributed by atoms with Crippen molar-refractivity contribution < 1.29 is 9.53 Å². The Balaban J connectivity index is 1.56. The van der Waals surface area contributed by atoms with Gasteiger partial charge in [0.25, 0.3) is 0 Å². The van der Waals surface area contributed by atoms with Crippen LogP contribution in [-0.4, -0.2) is 40.3 Å². The highest BCUT2D eigenvalue weighted by Crippen LogP contribution is 2.28.